The molecule has 6 nitrogen and oxygen atoms in total. The van der Waals surface area contributed by atoms with E-state index in [1.807, 2.05) is 0 Å². The molecule has 2 heterocycles. The van der Waals surface area contributed by atoms with Crippen molar-refractivity contribution < 1.29 is 4.74 Å². The van der Waals surface area contributed by atoms with E-state index in [0.717, 1.165) is 32.8 Å². The molecule has 1 N–H and O–H groups in total. The lowest BCUT2D eigenvalue weighted by molar-refractivity contribution is 0.0342. The van der Waals surface area contributed by atoms with Crippen molar-refractivity contribution in [2.75, 3.05) is 31.6 Å². The van der Waals surface area contributed by atoms with E-state index >= 15 is 0 Å². The molecule has 1 saturated heterocycles. The molecule has 2 aromatic rings. The number of hydrogen-bond acceptors (Lipinski definition) is 5. The lowest BCUT2D eigenvalue weighted by Crippen LogP contribution is -2.35. The molecule has 3 rings (SSSR count). The van der Waals surface area contributed by atoms with Gasteiger partial charge in [-0.3, -0.25) is 9.69 Å². The molecule has 1 aromatic carbocycles. The van der Waals surface area contributed by atoms with E-state index in [2.05, 4.69) is 55.5 Å². The van der Waals surface area contributed by atoms with Crippen LogP contribution in [0.15, 0.2) is 39.7 Å². The van der Waals surface area contributed by atoms with Crippen molar-refractivity contribution in [2.24, 2.45) is 7.05 Å². The summed E-state index contributed by atoms with van der Waals surface area (Å²) in [6.45, 7) is 5.16. The highest BCUT2D eigenvalue weighted by atomic mass is 79.9. The van der Waals surface area contributed by atoms with Crippen LogP contribution in [0.4, 0.5) is 5.69 Å². The van der Waals surface area contributed by atoms with Gasteiger partial charge in [0.25, 0.3) is 5.56 Å². The number of halogens is 1. The van der Waals surface area contributed by atoms with Crippen LogP contribution in [0.2, 0.25) is 0 Å². The van der Waals surface area contributed by atoms with Gasteiger partial charge in [0.1, 0.15) is 4.47 Å². The van der Waals surface area contributed by atoms with Gasteiger partial charge in [-0.2, -0.15) is 5.10 Å². The van der Waals surface area contributed by atoms with Crippen molar-refractivity contribution in [1.82, 2.24) is 14.7 Å². The summed E-state index contributed by atoms with van der Waals surface area (Å²) < 4.78 is 7.20. The predicted octanol–water partition coefficient (Wildman–Crippen LogP) is 1.99. The monoisotopic (exact) mass is 392 g/mol. The molecule has 0 bridgehead atoms. The number of morpholine rings is 1. The maximum atomic E-state index is 11.9. The Hall–Kier alpha value is -1.70. The molecule has 7 heteroatoms. The highest BCUT2D eigenvalue weighted by Gasteiger charge is 2.11. The third kappa shape index (κ3) is 4.23. The SMILES string of the molecule is Cn1ncc(NCc2cccc(CN3CCOCC3)c2)c(Br)c1=O. The van der Waals surface area contributed by atoms with E-state index in [-0.39, 0.29) is 5.56 Å². The van der Waals surface area contributed by atoms with Gasteiger partial charge in [-0.25, -0.2) is 4.68 Å². The average molecular weight is 393 g/mol. The van der Waals surface area contributed by atoms with Crippen molar-refractivity contribution in [1.29, 1.82) is 0 Å². The minimum Gasteiger partial charge on any atom is -0.379 e. The Morgan fingerprint density at radius 3 is 2.83 bits per heavy atom. The number of hydrogen-bond donors (Lipinski definition) is 1. The zero-order chi connectivity index (χ0) is 16.9. The van der Waals surface area contributed by atoms with Crippen LogP contribution in [0.5, 0.6) is 0 Å². The second-order valence-electron chi connectivity index (χ2n) is 5.86. The van der Waals surface area contributed by atoms with Gasteiger partial charge in [0.2, 0.25) is 0 Å². The Morgan fingerprint density at radius 1 is 1.29 bits per heavy atom. The standard InChI is InChI=1S/C17H21BrN4O2/c1-21-17(23)16(18)15(11-20-21)19-10-13-3-2-4-14(9-13)12-22-5-7-24-8-6-22/h2-4,9,11,19H,5-8,10,12H2,1H3. The normalized spacial score (nSPS) is 15.4. The van der Waals surface area contributed by atoms with Gasteiger partial charge in [-0.1, -0.05) is 24.3 Å². The van der Waals surface area contributed by atoms with Crippen LogP contribution in [0.1, 0.15) is 11.1 Å². The van der Waals surface area contributed by atoms with Gasteiger partial charge in [-0.05, 0) is 27.1 Å². The minimum atomic E-state index is -0.152. The second kappa shape index (κ2) is 7.92. The number of aryl methyl sites for hydroxylation is 1. The minimum absolute atomic E-state index is 0.152. The quantitative estimate of drug-likeness (QED) is 0.842. The van der Waals surface area contributed by atoms with Gasteiger partial charge in [0.15, 0.2) is 0 Å². The van der Waals surface area contributed by atoms with Crippen LogP contribution in [-0.2, 0) is 24.9 Å². The number of rotatable bonds is 5. The number of aromatic nitrogens is 2. The van der Waals surface area contributed by atoms with E-state index in [4.69, 9.17) is 4.74 Å². The van der Waals surface area contributed by atoms with Crippen LogP contribution in [-0.4, -0.2) is 41.0 Å². The molecule has 0 radical (unpaired) electrons. The first-order valence-electron chi connectivity index (χ1n) is 7.97. The Labute approximate surface area is 149 Å². The molecule has 0 amide bonds. The van der Waals surface area contributed by atoms with Crippen molar-refractivity contribution in [3.63, 3.8) is 0 Å². The van der Waals surface area contributed by atoms with Crippen LogP contribution in [0.25, 0.3) is 0 Å². The van der Waals surface area contributed by atoms with Crippen LogP contribution >= 0.6 is 15.9 Å². The molecule has 0 spiro atoms. The largest absolute Gasteiger partial charge is 0.379 e. The molecule has 0 aliphatic carbocycles. The Balaban J connectivity index is 1.64. The van der Waals surface area contributed by atoms with Crippen molar-refractivity contribution in [3.05, 3.63) is 56.4 Å². The van der Waals surface area contributed by atoms with E-state index in [1.165, 1.54) is 15.8 Å². The predicted molar refractivity (Wildman–Crippen MR) is 97.0 cm³/mol. The zero-order valence-electron chi connectivity index (χ0n) is 13.7. The van der Waals surface area contributed by atoms with Gasteiger partial charge >= 0.3 is 0 Å². The lowest BCUT2D eigenvalue weighted by atomic mass is 10.1. The first kappa shape index (κ1) is 17.1. The number of anilines is 1. The summed E-state index contributed by atoms with van der Waals surface area (Å²) in [6.07, 6.45) is 1.66. The molecule has 128 valence electrons. The smallest absolute Gasteiger partial charge is 0.282 e. The fourth-order valence-corrected chi connectivity index (χ4v) is 3.19. The average Bonchev–Trinajstić information content (AvgIpc) is 2.60. The van der Waals surface area contributed by atoms with E-state index < -0.39 is 0 Å². The van der Waals surface area contributed by atoms with Crippen molar-refractivity contribution >= 4 is 21.6 Å². The second-order valence-corrected chi connectivity index (χ2v) is 6.66. The molecule has 1 aliphatic rings. The summed E-state index contributed by atoms with van der Waals surface area (Å²) in [6, 6.07) is 8.50. The Kier molecular flexibility index (Phi) is 5.65. The van der Waals surface area contributed by atoms with E-state index in [1.54, 1.807) is 13.2 Å². The molecule has 1 aliphatic heterocycles. The van der Waals surface area contributed by atoms with E-state index in [9.17, 15) is 4.79 Å². The summed E-state index contributed by atoms with van der Waals surface area (Å²) in [5.41, 5.74) is 3.02. The van der Waals surface area contributed by atoms with E-state index in [0.29, 0.717) is 16.7 Å². The number of nitrogens with one attached hydrogen (secondary N) is 1. The highest BCUT2D eigenvalue weighted by molar-refractivity contribution is 9.10. The third-order valence-electron chi connectivity index (χ3n) is 4.06. The molecule has 0 atom stereocenters. The zero-order valence-corrected chi connectivity index (χ0v) is 15.3. The van der Waals surface area contributed by atoms with Crippen LogP contribution < -0.4 is 10.9 Å². The highest BCUT2D eigenvalue weighted by Crippen LogP contribution is 2.17. The number of ether oxygens (including phenoxy) is 1. The molecule has 1 aromatic heterocycles. The van der Waals surface area contributed by atoms with Gasteiger partial charge in [0, 0.05) is 33.2 Å². The van der Waals surface area contributed by atoms with Gasteiger partial charge in [-0.15, -0.1) is 0 Å². The molecular formula is C17H21BrN4O2. The lowest BCUT2D eigenvalue weighted by Gasteiger charge is -2.26. The van der Waals surface area contributed by atoms with Crippen LogP contribution in [0.3, 0.4) is 0 Å². The van der Waals surface area contributed by atoms with Crippen molar-refractivity contribution in [3.8, 4) is 0 Å². The third-order valence-corrected chi connectivity index (χ3v) is 4.83. The maximum absolute atomic E-state index is 11.9. The molecule has 0 unspecified atom stereocenters. The number of benzene rings is 1. The number of nitrogens with zero attached hydrogens (tertiary/aromatic N) is 3. The molecule has 0 saturated carbocycles. The summed E-state index contributed by atoms with van der Waals surface area (Å²) in [5.74, 6) is 0. The molecular weight excluding hydrogens is 372 g/mol. The molecule has 1 fully saturated rings. The topological polar surface area (TPSA) is 59.4 Å². The summed E-state index contributed by atoms with van der Waals surface area (Å²) in [5, 5.41) is 7.31. The fourth-order valence-electron chi connectivity index (χ4n) is 2.69. The van der Waals surface area contributed by atoms with Crippen LogP contribution in [0, 0.1) is 0 Å². The Morgan fingerprint density at radius 2 is 2.04 bits per heavy atom. The van der Waals surface area contributed by atoms with Gasteiger partial charge in [0.05, 0.1) is 25.1 Å². The summed E-state index contributed by atoms with van der Waals surface area (Å²) in [4.78, 5) is 14.3. The first-order valence-corrected chi connectivity index (χ1v) is 8.76. The van der Waals surface area contributed by atoms with Crippen molar-refractivity contribution in [2.45, 2.75) is 13.1 Å². The molecule has 24 heavy (non-hydrogen) atoms. The first-order chi connectivity index (χ1) is 11.6. The summed E-state index contributed by atoms with van der Waals surface area (Å²) >= 11 is 3.33. The van der Waals surface area contributed by atoms with Gasteiger partial charge < -0.3 is 10.1 Å². The maximum Gasteiger partial charge on any atom is 0.282 e. The fraction of sp³-hybridized carbons (Fsp3) is 0.412. The Bertz CT molecular complexity index is 756. The summed E-state index contributed by atoms with van der Waals surface area (Å²) in [7, 11) is 1.63.